The number of aromatic nitrogens is 5. The molecular formula is C23H14ClF3N6O2S. The van der Waals surface area contributed by atoms with E-state index in [1.807, 2.05) is 0 Å². The molecular weight excluding hydrogens is 517 g/mol. The Balaban J connectivity index is 1.49. The van der Waals surface area contributed by atoms with E-state index < -0.39 is 26.7 Å². The summed E-state index contributed by atoms with van der Waals surface area (Å²) >= 11 is 5.92. The van der Waals surface area contributed by atoms with Crippen LogP contribution in [0.1, 0.15) is 5.56 Å². The molecule has 0 unspecified atom stereocenters. The third kappa shape index (κ3) is 4.60. The molecule has 182 valence electrons. The molecule has 0 bridgehead atoms. The van der Waals surface area contributed by atoms with Crippen molar-refractivity contribution in [3.63, 3.8) is 0 Å². The number of nitrogens with one attached hydrogen (secondary N) is 1. The highest BCUT2D eigenvalue weighted by atomic mass is 35.5. The number of rotatable bonds is 5. The summed E-state index contributed by atoms with van der Waals surface area (Å²) in [6.07, 6.45) is -1.49. The van der Waals surface area contributed by atoms with Gasteiger partial charge in [-0.2, -0.15) is 22.8 Å². The lowest BCUT2D eigenvalue weighted by atomic mass is 10.1. The maximum atomic E-state index is 13.1. The van der Waals surface area contributed by atoms with E-state index in [0.29, 0.717) is 28.8 Å². The first-order chi connectivity index (χ1) is 17.1. The van der Waals surface area contributed by atoms with Crippen LogP contribution in [0.3, 0.4) is 0 Å². The van der Waals surface area contributed by atoms with Gasteiger partial charge in [0.05, 0.1) is 16.3 Å². The normalized spacial score (nSPS) is 12.1. The highest BCUT2D eigenvalue weighted by Crippen LogP contribution is 2.34. The molecule has 13 heteroatoms. The van der Waals surface area contributed by atoms with Crippen LogP contribution in [-0.2, 0) is 16.2 Å². The van der Waals surface area contributed by atoms with Crippen LogP contribution in [0.5, 0.6) is 0 Å². The topological polar surface area (TPSA) is 102 Å². The molecule has 0 radical (unpaired) electrons. The molecule has 0 atom stereocenters. The summed E-state index contributed by atoms with van der Waals surface area (Å²) in [5.74, 6) is 0.491. The van der Waals surface area contributed by atoms with Gasteiger partial charge in [-0.1, -0.05) is 23.7 Å². The Morgan fingerprint density at radius 2 is 1.67 bits per heavy atom. The number of hydrogen-bond donors (Lipinski definition) is 1. The van der Waals surface area contributed by atoms with Crippen molar-refractivity contribution in [2.45, 2.75) is 11.1 Å². The highest BCUT2D eigenvalue weighted by molar-refractivity contribution is 7.92. The second-order valence-electron chi connectivity index (χ2n) is 7.58. The Labute approximate surface area is 207 Å². The molecule has 0 aliphatic heterocycles. The second-order valence-corrected chi connectivity index (χ2v) is 9.64. The van der Waals surface area contributed by atoms with Gasteiger partial charge in [0.15, 0.2) is 11.5 Å². The van der Waals surface area contributed by atoms with Crippen molar-refractivity contribution in [3.8, 4) is 22.6 Å². The second kappa shape index (κ2) is 8.88. The molecule has 36 heavy (non-hydrogen) atoms. The van der Waals surface area contributed by atoms with Crippen LogP contribution in [0.25, 0.3) is 28.3 Å². The minimum atomic E-state index is -4.73. The fraction of sp³-hybridized carbons (Fsp3) is 0.0435. The summed E-state index contributed by atoms with van der Waals surface area (Å²) in [5.41, 5.74) is 1.26. The van der Waals surface area contributed by atoms with E-state index in [9.17, 15) is 21.6 Å². The highest BCUT2D eigenvalue weighted by Gasteiger charge is 2.32. The predicted molar refractivity (Wildman–Crippen MR) is 127 cm³/mol. The van der Waals surface area contributed by atoms with Crippen molar-refractivity contribution in [1.82, 2.24) is 24.8 Å². The Morgan fingerprint density at radius 3 is 2.42 bits per heavy atom. The number of halogens is 4. The van der Waals surface area contributed by atoms with Gasteiger partial charge in [0.1, 0.15) is 4.90 Å². The average Bonchev–Trinajstić information content (AvgIpc) is 3.27. The van der Waals surface area contributed by atoms with Gasteiger partial charge in [0, 0.05) is 29.2 Å². The number of sulfonamides is 1. The van der Waals surface area contributed by atoms with E-state index in [-0.39, 0.29) is 10.7 Å². The number of alkyl halides is 3. The van der Waals surface area contributed by atoms with Gasteiger partial charge in [-0.05, 0) is 54.6 Å². The van der Waals surface area contributed by atoms with Crippen molar-refractivity contribution < 1.29 is 21.6 Å². The molecule has 0 saturated carbocycles. The first kappa shape index (κ1) is 23.7. The van der Waals surface area contributed by atoms with Crippen molar-refractivity contribution in [2.75, 3.05) is 4.72 Å². The van der Waals surface area contributed by atoms with Crippen LogP contribution in [0.15, 0.2) is 84.0 Å². The van der Waals surface area contributed by atoms with Gasteiger partial charge >= 0.3 is 6.18 Å². The zero-order valence-electron chi connectivity index (χ0n) is 18.0. The number of fused-ring (bicyclic) bond motifs is 1. The number of anilines is 1. The quantitative estimate of drug-likeness (QED) is 0.330. The van der Waals surface area contributed by atoms with E-state index in [2.05, 4.69) is 25.0 Å². The van der Waals surface area contributed by atoms with Crippen molar-refractivity contribution >= 4 is 33.0 Å². The first-order valence-electron chi connectivity index (χ1n) is 10.2. The number of hydrogen-bond acceptors (Lipinski definition) is 6. The largest absolute Gasteiger partial charge is 0.416 e. The summed E-state index contributed by atoms with van der Waals surface area (Å²) < 4.78 is 68.9. The summed E-state index contributed by atoms with van der Waals surface area (Å²) in [6, 6.07) is 15.3. The molecule has 3 heterocycles. The van der Waals surface area contributed by atoms with E-state index in [0.717, 1.165) is 17.7 Å². The lowest BCUT2D eigenvalue weighted by molar-refractivity contribution is -0.137. The van der Waals surface area contributed by atoms with Gasteiger partial charge in [-0.25, -0.2) is 8.42 Å². The lowest BCUT2D eigenvalue weighted by Gasteiger charge is -2.13. The standard InChI is InChI=1S/C23H14ClF3N6O2S/c24-18-5-4-16(23(25,26)27)13-20(18)36(34,35)32-17-3-1-2-15(12-17)19-6-7-21-29-30-22(33(21)31-19)14-8-10-28-11-9-14/h1-13,32H. The fourth-order valence-electron chi connectivity index (χ4n) is 3.46. The summed E-state index contributed by atoms with van der Waals surface area (Å²) in [7, 11) is -4.43. The fourth-order valence-corrected chi connectivity index (χ4v) is 5.04. The molecule has 2 aromatic carbocycles. The van der Waals surface area contributed by atoms with Crippen molar-refractivity contribution in [1.29, 1.82) is 0 Å². The molecule has 0 spiro atoms. The molecule has 0 aliphatic carbocycles. The van der Waals surface area contributed by atoms with Crippen LogP contribution in [-0.4, -0.2) is 33.2 Å². The summed E-state index contributed by atoms with van der Waals surface area (Å²) in [4.78, 5) is 3.30. The number of benzene rings is 2. The van der Waals surface area contributed by atoms with E-state index in [4.69, 9.17) is 11.6 Å². The molecule has 5 rings (SSSR count). The molecule has 0 saturated heterocycles. The van der Waals surface area contributed by atoms with Crippen LogP contribution < -0.4 is 4.72 Å². The first-order valence-corrected chi connectivity index (χ1v) is 12.1. The SMILES string of the molecule is O=S(=O)(Nc1cccc(-c2ccc3nnc(-c4ccncc4)n3n2)c1)c1cc(C(F)(F)F)ccc1Cl. The zero-order chi connectivity index (χ0) is 25.5. The minimum Gasteiger partial charge on any atom is -0.280 e. The summed E-state index contributed by atoms with van der Waals surface area (Å²) in [6.45, 7) is 0. The van der Waals surface area contributed by atoms with Crippen LogP contribution in [0, 0.1) is 0 Å². The monoisotopic (exact) mass is 530 g/mol. The molecule has 0 fully saturated rings. The van der Waals surface area contributed by atoms with Gasteiger partial charge in [-0.15, -0.1) is 10.2 Å². The molecule has 1 N–H and O–H groups in total. The average molecular weight is 531 g/mol. The van der Waals surface area contributed by atoms with Crippen LogP contribution in [0.2, 0.25) is 5.02 Å². The maximum absolute atomic E-state index is 13.1. The Morgan fingerprint density at radius 1 is 0.889 bits per heavy atom. The minimum absolute atomic E-state index is 0.112. The van der Waals surface area contributed by atoms with Gasteiger partial charge in [0.25, 0.3) is 10.0 Å². The van der Waals surface area contributed by atoms with E-state index >= 15 is 0 Å². The molecule has 8 nitrogen and oxygen atoms in total. The maximum Gasteiger partial charge on any atom is 0.416 e. The molecule has 0 amide bonds. The van der Waals surface area contributed by atoms with Gasteiger partial charge < -0.3 is 0 Å². The Bertz CT molecular complexity index is 1690. The van der Waals surface area contributed by atoms with Gasteiger partial charge in [-0.3, -0.25) is 9.71 Å². The third-order valence-corrected chi connectivity index (χ3v) is 7.02. The zero-order valence-corrected chi connectivity index (χ0v) is 19.6. The Hall–Kier alpha value is -4.03. The molecule has 0 aliphatic rings. The molecule has 3 aromatic heterocycles. The number of nitrogens with zero attached hydrogens (tertiary/aromatic N) is 5. The smallest absolute Gasteiger partial charge is 0.280 e. The van der Waals surface area contributed by atoms with Crippen LogP contribution >= 0.6 is 11.6 Å². The van der Waals surface area contributed by atoms with E-state index in [1.165, 1.54) is 12.1 Å². The predicted octanol–water partition coefficient (Wildman–Crippen LogP) is 5.33. The van der Waals surface area contributed by atoms with Crippen molar-refractivity contribution in [3.05, 3.63) is 89.7 Å². The van der Waals surface area contributed by atoms with Gasteiger partial charge in [0.2, 0.25) is 0 Å². The van der Waals surface area contributed by atoms with Crippen LogP contribution in [0.4, 0.5) is 18.9 Å². The molecule has 5 aromatic rings. The third-order valence-electron chi connectivity index (χ3n) is 5.16. The van der Waals surface area contributed by atoms with E-state index in [1.54, 1.807) is 53.3 Å². The Kier molecular flexibility index (Phi) is 5.85. The number of pyridine rings is 1. The lowest BCUT2D eigenvalue weighted by Crippen LogP contribution is -2.15. The van der Waals surface area contributed by atoms with Crippen molar-refractivity contribution in [2.24, 2.45) is 0 Å². The summed E-state index contributed by atoms with van der Waals surface area (Å²) in [5, 5.41) is 12.5.